The number of ketones is 1. The molecule has 0 radical (unpaired) electrons. The third kappa shape index (κ3) is 0.590. The van der Waals surface area contributed by atoms with Gasteiger partial charge in [0.05, 0.1) is 5.41 Å². The molecule has 58 valence electrons. The van der Waals surface area contributed by atoms with Gasteiger partial charge in [0.15, 0.2) is 5.78 Å². The molecule has 0 aromatic carbocycles. The molecule has 1 nitrogen and oxygen atoms in total. The van der Waals surface area contributed by atoms with Crippen molar-refractivity contribution in [1.29, 1.82) is 0 Å². The molecule has 11 heavy (non-hydrogen) atoms. The summed E-state index contributed by atoms with van der Waals surface area (Å²) >= 11 is 0. The molecule has 0 aromatic rings. The average Bonchev–Trinajstić information content (AvgIpc) is 2.34. The van der Waals surface area contributed by atoms with Gasteiger partial charge in [0, 0.05) is 5.41 Å². The van der Waals surface area contributed by atoms with Crippen LogP contribution < -0.4 is 0 Å². The molecule has 2 aliphatic rings. The monoisotopic (exact) mass is 148 g/mol. The number of carbonyl (C=O) groups is 1. The number of rotatable bonds is 0. The minimum Gasteiger partial charge on any atom is -0.294 e. The highest BCUT2D eigenvalue weighted by molar-refractivity contribution is 6.00. The molecule has 0 fully saturated rings. The minimum absolute atomic E-state index is 0.0735. The third-order valence-electron chi connectivity index (χ3n) is 3.29. The summed E-state index contributed by atoms with van der Waals surface area (Å²) in [6.45, 7) is 4.17. The van der Waals surface area contributed by atoms with Crippen LogP contribution in [0, 0.1) is 10.8 Å². The largest absolute Gasteiger partial charge is 0.294 e. The van der Waals surface area contributed by atoms with Gasteiger partial charge in [0.1, 0.15) is 0 Å². The number of hydrogen-bond acceptors (Lipinski definition) is 1. The summed E-state index contributed by atoms with van der Waals surface area (Å²) < 4.78 is 0. The second-order valence-electron chi connectivity index (χ2n) is 3.92. The second kappa shape index (κ2) is 1.66. The first-order chi connectivity index (χ1) is 5.08. The number of hydrogen-bond donors (Lipinski definition) is 0. The van der Waals surface area contributed by atoms with Gasteiger partial charge in [0.2, 0.25) is 0 Å². The summed E-state index contributed by atoms with van der Waals surface area (Å²) in [7, 11) is 0. The van der Waals surface area contributed by atoms with E-state index in [9.17, 15) is 4.79 Å². The molecule has 0 aliphatic heterocycles. The fourth-order valence-corrected chi connectivity index (χ4v) is 1.98. The van der Waals surface area contributed by atoms with Crippen LogP contribution in [0.15, 0.2) is 24.3 Å². The Morgan fingerprint density at radius 3 is 2.73 bits per heavy atom. The van der Waals surface area contributed by atoms with Crippen molar-refractivity contribution in [1.82, 2.24) is 0 Å². The van der Waals surface area contributed by atoms with Gasteiger partial charge in [-0.25, -0.2) is 0 Å². The normalized spacial score (nSPS) is 46.9. The maximum absolute atomic E-state index is 11.4. The average molecular weight is 148 g/mol. The summed E-state index contributed by atoms with van der Waals surface area (Å²) in [5, 5.41) is 0. The van der Waals surface area contributed by atoms with E-state index in [4.69, 9.17) is 0 Å². The SMILES string of the molecule is C[C@]12C=CC(=O)[C@@]1(C)C=CC2. The van der Waals surface area contributed by atoms with Crippen LogP contribution in [0.5, 0.6) is 0 Å². The zero-order chi connectivity index (χ0) is 8.11. The zero-order valence-corrected chi connectivity index (χ0v) is 6.92. The van der Waals surface area contributed by atoms with Gasteiger partial charge in [-0.3, -0.25) is 4.79 Å². The molecule has 0 N–H and O–H groups in total. The Bertz CT molecular complexity index is 275. The van der Waals surface area contributed by atoms with E-state index in [1.54, 1.807) is 6.08 Å². The van der Waals surface area contributed by atoms with Crippen LogP contribution in [-0.4, -0.2) is 5.78 Å². The molecule has 0 saturated carbocycles. The molecule has 2 rings (SSSR count). The Balaban J connectivity index is 2.54. The Morgan fingerprint density at radius 2 is 2.09 bits per heavy atom. The van der Waals surface area contributed by atoms with Gasteiger partial charge in [-0.1, -0.05) is 25.2 Å². The molecule has 0 heterocycles. The molecule has 2 atom stereocenters. The summed E-state index contributed by atoms with van der Waals surface area (Å²) in [6, 6.07) is 0. The van der Waals surface area contributed by atoms with E-state index in [1.807, 2.05) is 6.92 Å². The molecule has 0 amide bonds. The van der Waals surface area contributed by atoms with Crippen molar-refractivity contribution in [3.8, 4) is 0 Å². The van der Waals surface area contributed by atoms with Gasteiger partial charge in [-0.2, -0.15) is 0 Å². The first-order valence-electron chi connectivity index (χ1n) is 4.00. The van der Waals surface area contributed by atoms with Crippen molar-refractivity contribution >= 4 is 5.78 Å². The highest BCUT2D eigenvalue weighted by Crippen LogP contribution is 2.53. The number of allylic oxidation sites excluding steroid dienone is 4. The molecule has 1 heteroatoms. The van der Waals surface area contributed by atoms with Crippen molar-refractivity contribution < 1.29 is 4.79 Å². The van der Waals surface area contributed by atoms with Crippen LogP contribution in [0.3, 0.4) is 0 Å². The van der Waals surface area contributed by atoms with Gasteiger partial charge < -0.3 is 0 Å². The summed E-state index contributed by atoms with van der Waals surface area (Å²) in [5.41, 5.74) is -0.156. The van der Waals surface area contributed by atoms with Gasteiger partial charge in [-0.05, 0) is 19.4 Å². The van der Waals surface area contributed by atoms with E-state index < -0.39 is 0 Å². The highest BCUT2D eigenvalue weighted by Gasteiger charge is 2.51. The topological polar surface area (TPSA) is 17.1 Å². The maximum atomic E-state index is 11.4. The molecular weight excluding hydrogens is 136 g/mol. The van der Waals surface area contributed by atoms with Crippen molar-refractivity contribution in [2.24, 2.45) is 10.8 Å². The van der Waals surface area contributed by atoms with Gasteiger partial charge in [-0.15, -0.1) is 0 Å². The van der Waals surface area contributed by atoms with E-state index in [0.29, 0.717) is 0 Å². The molecule has 0 bridgehead atoms. The van der Waals surface area contributed by atoms with Crippen molar-refractivity contribution in [3.63, 3.8) is 0 Å². The minimum atomic E-state index is -0.229. The molecule has 0 aromatic heterocycles. The van der Waals surface area contributed by atoms with Crippen LogP contribution in [0.2, 0.25) is 0 Å². The molecule has 0 unspecified atom stereocenters. The molecule has 0 saturated heterocycles. The second-order valence-corrected chi connectivity index (χ2v) is 3.92. The molecular formula is C10H12O. The first kappa shape index (κ1) is 6.84. The highest BCUT2D eigenvalue weighted by atomic mass is 16.1. The van der Waals surface area contributed by atoms with Crippen LogP contribution in [0.4, 0.5) is 0 Å². The lowest BCUT2D eigenvalue weighted by atomic mass is 9.70. The van der Waals surface area contributed by atoms with E-state index in [1.165, 1.54) is 0 Å². The summed E-state index contributed by atoms with van der Waals surface area (Å²) in [4.78, 5) is 11.4. The Labute approximate surface area is 66.8 Å². The lowest BCUT2D eigenvalue weighted by Gasteiger charge is -2.31. The van der Waals surface area contributed by atoms with E-state index in [-0.39, 0.29) is 16.6 Å². The van der Waals surface area contributed by atoms with Gasteiger partial charge >= 0.3 is 0 Å². The van der Waals surface area contributed by atoms with E-state index in [2.05, 4.69) is 25.2 Å². The Morgan fingerprint density at radius 1 is 1.36 bits per heavy atom. The predicted molar refractivity (Wildman–Crippen MR) is 44.1 cm³/mol. The lowest BCUT2D eigenvalue weighted by molar-refractivity contribution is -0.122. The van der Waals surface area contributed by atoms with E-state index >= 15 is 0 Å². The lowest BCUT2D eigenvalue weighted by Crippen LogP contribution is -2.32. The molecule has 2 aliphatic carbocycles. The van der Waals surface area contributed by atoms with Crippen LogP contribution in [0.1, 0.15) is 20.3 Å². The summed E-state index contributed by atoms with van der Waals surface area (Å²) in [6.07, 6.45) is 8.95. The zero-order valence-electron chi connectivity index (χ0n) is 6.92. The Kier molecular flexibility index (Phi) is 1.03. The third-order valence-corrected chi connectivity index (χ3v) is 3.29. The maximum Gasteiger partial charge on any atom is 0.165 e. The first-order valence-corrected chi connectivity index (χ1v) is 4.00. The standard InChI is InChI=1S/C10H12O/c1-9-5-3-6-10(9,2)8(11)4-7-9/h3-4,6-7H,5H2,1-2H3/t9-,10+/m0/s1. The van der Waals surface area contributed by atoms with Crippen molar-refractivity contribution in [2.75, 3.05) is 0 Å². The van der Waals surface area contributed by atoms with E-state index in [0.717, 1.165) is 6.42 Å². The fourth-order valence-electron chi connectivity index (χ4n) is 1.98. The fraction of sp³-hybridized carbons (Fsp3) is 0.500. The van der Waals surface area contributed by atoms with Crippen LogP contribution >= 0.6 is 0 Å². The summed E-state index contributed by atoms with van der Waals surface area (Å²) in [5.74, 6) is 0.258. The van der Waals surface area contributed by atoms with Crippen LogP contribution in [-0.2, 0) is 4.79 Å². The molecule has 0 spiro atoms. The van der Waals surface area contributed by atoms with Crippen LogP contribution in [0.25, 0.3) is 0 Å². The smallest absolute Gasteiger partial charge is 0.165 e. The Hall–Kier alpha value is -0.850. The number of carbonyl (C=O) groups excluding carboxylic acids is 1. The van der Waals surface area contributed by atoms with Crippen molar-refractivity contribution in [2.45, 2.75) is 20.3 Å². The van der Waals surface area contributed by atoms with Gasteiger partial charge in [0.25, 0.3) is 0 Å². The quantitative estimate of drug-likeness (QED) is 0.481. The predicted octanol–water partition coefficient (Wildman–Crippen LogP) is 2.10. The van der Waals surface area contributed by atoms with Crippen molar-refractivity contribution in [3.05, 3.63) is 24.3 Å². The number of fused-ring (bicyclic) bond motifs is 1.